The van der Waals surface area contributed by atoms with Gasteiger partial charge < -0.3 is 21.1 Å². The zero-order valence-electron chi connectivity index (χ0n) is 10.5. The molecule has 1 aromatic rings. The number of carbonyl (C=O) groups is 1. The second-order valence-electron chi connectivity index (χ2n) is 4.27. The van der Waals surface area contributed by atoms with Gasteiger partial charge in [-0.05, 0) is 25.8 Å². The maximum Gasteiger partial charge on any atom is 0.263 e. The van der Waals surface area contributed by atoms with Crippen LogP contribution in [0.1, 0.15) is 29.4 Å². The van der Waals surface area contributed by atoms with E-state index in [1.807, 2.05) is 13.0 Å². The highest BCUT2D eigenvalue weighted by Gasteiger charge is 2.17. The van der Waals surface area contributed by atoms with Crippen molar-refractivity contribution in [2.24, 2.45) is 0 Å². The molecular weight excluding hydrogens is 250 g/mol. The Kier molecular flexibility index (Phi) is 4.43. The van der Waals surface area contributed by atoms with Crippen LogP contribution in [0.5, 0.6) is 0 Å². The molecule has 4 N–H and O–H groups in total. The molecule has 0 saturated carbocycles. The van der Waals surface area contributed by atoms with Crippen molar-refractivity contribution in [3.63, 3.8) is 0 Å². The van der Waals surface area contributed by atoms with Crippen molar-refractivity contribution in [2.75, 3.05) is 30.7 Å². The average Bonchev–Trinajstić information content (AvgIpc) is 2.96. The van der Waals surface area contributed by atoms with Crippen molar-refractivity contribution >= 4 is 27.9 Å². The average molecular weight is 269 g/mol. The highest BCUT2D eigenvalue weighted by Crippen LogP contribution is 2.29. The van der Waals surface area contributed by atoms with E-state index in [0.29, 0.717) is 17.1 Å². The van der Waals surface area contributed by atoms with Crippen LogP contribution >= 0.6 is 11.3 Å². The van der Waals surface area contributed by atoms with E-state index in [9.17, 15) is 4.79 Å². The van der Waals surface area contributed by atoms with Crippen LogP contribution in [0.3, 0.4) is 0 Å². The number of nitrogen functional groups attached to an aromatic ring is 1. The Morgan fingerprint density at radius 2 is 2.50 bits per heavy atom. The SMILES string of the molecule is CCNC(=O)c1sc(NCC2CCCO2)cc1N. The van der Waals surface area contributed by atoms with Crippen molar-refractivity contribution in [1.82, 2.24) is 5.32 Å². The van der Waals surface area contributed by atoms with E-state index in [1.54, 1.807) is 0 Å². The van der Waals surface area contributed by atoms with E-state index in [4.69, 9.17) is 10.5 Å². The van der Waals surface area contributed by atoms with Crippen molar-refractivity contribution in [3.8, 4) is 0 Å². The summed E-state index contributed by atoms with van der Waals surface area (Å²) in [5.74, 6) is -0.106. The second-order valence-corrected chi connectivity index (χ2v) is 5.32. The van der Waals surface area contributed by atoms with Gasteiger partial charge in [0.05, 0.1) is 16.8 Å². The Labute approximate surface area is 111 Å². The zero-order valence-corrected chi connectivity index (χ0v) is 11.3. The Morgan fingerprint density at radius 1 is 1.67 bits per heavy atom. The van der Waals surface area contributed by atoms with Gasteiger partial charge in [0, 0.05) is 19.7 Å². The zero-order chi connectivity index (χ0) is 13.0. The largest absolute Gasteiger partial charge is 0.397 e. The minimum absolute atomic E-state index is 0.106. The molecule has 1 aliphatic rings. The maximum absolute atomic E-state index is 11.7. The van der Waals surface area contributed by atoms with Gasteiger partial charge in [-0.3, -0.25) is 4.79 Å². The number of nitrogens with two attached hydrogens (primary N) is 1. The third-order valence-electron chi connectivity index (χ3n) is 2.83. The molecule has 1 amide bonds. The summed E-state index contributed by atoms with van der Waals surface area (Å²) in [6, 6.07) is 1.81. The smallest absolute Gasteiger partial charge is 0.263 e. The first kappa shape index (κ1) is 13.2. The summed E-state index contributed by atoms with van der Waals surface area (Å²) in [4.78, 5) is 12.3. The highest BCUT2D eigenvalue weighted by atomic mass is 32.1. The molecule has 1 aliphatic heterocycles. The van der Waals surface area contributed by atoms with E-state index in [2.05, 4.69) is 10.6 Å². The van der Waals surface area contributed by atoms with Gasteiger partial charge in [-0.25, -0.2) is 0 Å². The highest BCUT2D eigenvalue weighted by molar-refractivity contribution is 7.18. The van der Waals surface area contributed by atoms with E-state index in [1.165, 1.54) is 11.3 Å². The number of hydrogen-bond donors (Lipinski definition) is 3. The summed E-state index contributed by atoms with van der Waals surface area (Å²) in [5.41, 5.74) is 6.36. The van der Waals surface area contributed by atoms with E-state index < -0.39 is 0 Å². The molecule has 1 aromatic heterocycles. The molecule has 5 nitrogen and oxygen atoms in total. The molecule has 100 valence electrons. The van der Waals surface area contributed by atoms with Gasteiger partial charge in [0.15, 0.2) is 0 Å². The van der Waals surface area contributed by atoms with Crippen LogP contribution in [0.4, 0.5) is 10.7 Å². The lowest BCUT2D eigenvalue weighted by molar-refractivity contribution is 0.0960. The molecule has 6 heteroatoms. The van der Waals surface area contributed by atoms with Crippen molar-refractivity contribution in [2.45, 2.75) is 25.9 Å². The van der Waals surface area contributed by atoms with Crippen LogP contribution in [0.25, 0.3) is 0 Å². The van der Waals surface area contributed by atoms with Crippen molar-refractivity contribution in [3.05, 3.63) is 10.9 Å². The molecule has 0 aliphatic carbocycles. The number of anilines is 2. The normalized spacial score (nSPS) is 18.8. The van der Waals surface area contributed by atoms with Gasteiger partial charge >= 0.3 is 0 Å². The number of nitrogens with one attached hydrogen (secondary N) is 2. The summed E-state index contributed by atoms with van der Waals surface area (Å²) in [6.07, 6.45) is 2.50. The van der Waals surface area contributed by atoms with Crippen LogP contribution in [0.15, 0.2) is 6.07 Å². The van der Waals surface area contributed by atoms with Gasteiger partial charge in [0.25, 0.3) is 5.91 Å². The van der Waals surface area contributed by atoms with Crippen LogP contribution in [-0.2, 0) is 4.74 Å². The summed E-state index contributed by atoms with van der Waals surface area (Å²) in [5, 5.41) is 6.95. The summed E-state index contributed by atoms with van der Waals surface area (Å²) in [7, 11) is 0. The molecule has 0 spiro atoms. The molecule has 2 rings (SSSR count). The lowest BCUT2D eigenvalue weighted by Crippen LogP contribution is -2.22. The molecule has 1 atom stereocenters. The van der Waals surface area contributed by atoms with E-state index >= 15 is 0 Å². The Balaban J connectivity index is 1.93. The van der Waals surface area contributed by atoms with Crippen LogP contribution in [-0.4, -0.2) is 31.7 Å². The summed E-state index contributed by atoms with van der Waals surface area (Å²) in [6.45, 7) is 4.12. The monoisotopic (exact) mass is 269 g/mol. The molecule has 2 heterocycles. The Morgan fingerprint density at radius 3 is 3.17 bits per heavy atom. The third-order valence-corrected chi connectivity index (χ3v) is 3.94. The van der Waals surface area contributed by atoms with Crippen LogP contribution in [0, 0.1) is 0 Å². The van der Waals surface area contributed by atoms with Gasteiger partial charge in [0.2, 0.25) is 0 Å². The minimum atomic E-state index is -0.106. The predicted molar refractivity (Wildman–Crippen MR) is 74.2 cm³/mol. The Hall–Kier alpha value is -1.27. The molecule has 1 fully saturated rings. The van der Waals surface area contributed by atoms with Gasteiger partial charge in [0.1, 0.15) is 4.88 Å². The minimum Gasteiger partial charge on any atom is -0.397 e. The number of ether oxygens (including phenoxy) is 1. The maximum atomic E-state index is 11.7. The molecule has 1 saturated heterocycles. The lowest BCUT2D eigenvalue weighted by atomic mass is 10.2. The number of carbonyl (C=O) groups excluding carboxylic acids is 1. The second kappa shape index (κ2) is 6.06. The molecule has 18 heavy (non-hydrogen) atoms. The first-order valence-corrected chi connectivity index (χ1v) is 7.05. The molecule has 0 aromatic carbocycles. The van der Waals surface area contributed by atoms with Crippen LogP contribution in [0.2, 0.25) is 0 Å². The molecule has 0 radical (unpaired) electrons. The van der Waals surface area contributed by atoms with Crippen molar-refractivity contribution in [1.29, 1.82) is 0 Å². The van der Waals surface area contributed by atoms with E-state index in [-0.39, 0.29) is 12.0 Å². The van der Waals surface area contributed by atoms with Gasteiger partial charge in [-0.15, -0.1) is 11.3 Å². The summed E-state index contributed by atoms with van der Waals surface area (Å²) >= 11 is 1.39. The molecular formula is C12H19N3O2S. The first-order chi connectivity index (χ1) is 8.70. The molecule has 0 bridgehead atoms. The standard InChI is InChI=1S/C12H19N3O2S/c1-2-14-12(16)11-9(13)6-10(18-11)15-7-8-4-3-5-17-8/h6,8,15H,2-5,7,13H2,1H3,(H,14,16). The van der Waals surface area contributed by atoms with E-state index in [0.717, 1.165) is 31.0 Å². The first-order valence-electron chi connectivity index (χ1n) is 6.23. The number of rotatable bonds is 5. The number of hydrogen-bond acceptors (Lipinski definition) is 5. The van der Waals surface area contributed by atoms with Crippen LogP contribution < -0.4 is 16.4 Å². The fourth-order valence-corrected chi connectivity index (χ4v) is 2.83. The van der Waals surface area contributed by atoms with Gasteiger partial charge in [-0.1, -0.05) is 0 Å². The summed E-state index contributed by atoms with van der Waals surface area (Å²) < 4.78 is 5.53. The fourth-order valence-electron chi connectivity index (χ4n) is 1.93. The number of thiophene rings is 1. The lowest BCUT2D eigenvalue weighted by Gasteiger charge is -2.09. The fraction of sp³-hybridized carbons (Fsp3) is 0.583. The Bertz CT molecular complexity index is 413. The topological polar surface area (TPSA) is 76.4 Å². The predicted octanol–water partition coefficient (Wildman–Crippen LogP) is 1.67. The quantitative estimate of drug-likeness (QED) is 0.760. The third kappa shape index (κ3) is 3.14. The number of amides is 1. The molecule has 1 unspecified atom stereocenters. The van der Waals surface area contributed by atoms with Crippen molar-refractivity contribution < 1.29 is 9.53 Å². The van der Waals surface area contributed by atoms with Gasteiger partial charge in [-0.2, -0.15) is 0 Å².